The molecule has 0 aromatic rings. The lowest BCUT2D eigenvalue weighted by molar-refractivity contribution is 0.260. The Kier molecular flexibility index (Phi) is 6.77. The molecule has 0 aliphatic carbocycles. The van der Waals surface area contributed by atoms with Gasteiger partial charge in [-0.25, -0.2) is 13.1 Å². The van der Waals surface area contributed by atoms with E-state index in [1.165, 1.54) is 12.8 Å². The van der Waals surface area contributed by atoms with Gasteiger partial charge < -0.3 is 0 Å². The second-order valence-electron chi connectivity index (χ2n) is 4.66. The Balaban J connectivity index is 2.23. The Hall–Kier alpha value is 0.160. The van der Waals surface area contributed by atoms with Crippen LogP contribution in [0.15, 0.2) is 0 Å². The van der Waals surface area contributed by atoms with Crippen LogP contribution in [0.2, 0.25) is 0 Å². The monoisotopic (exact) mass is 282 g/mol. The predicted octanol–water partition coefficient (Wildman–Crippen LogP) is 1.41. The summed E-state index contributed by atoms with van der Waals surface area (Å²) in [6, 6.07) is 0.292. The molecule has 1 N–H and O–H groups in total. The van der Waals surface area contributed by atoms with Crippen LogP contribution in [-0.4, -0.2) is 50.6 Å². The summed E-state index contributed by atoms with van der Waals surface area (Å²) in [7, 11) is -3.11. The van der Waals surface area contributed by atoms with E-state index >= 15 is 0 Å². The fourth-order valence-electron chi connectivity index (χ4n) is 2.02. The quantitative estimate of drug-likeness (QED) is 0.541. The standard InChI is InChI=1S/C11H23ClN2O2S/c1-11(14-7-3-4-8-14)10-13-17(15,16)9-5-2-6-12/h11,13H,2-10H2,1H3. The fourth-order valence-corrected chi connectivity index (χ4v) is 3.43. The van der Waals surface area contributed by atoms with E-state index in [4.69, 9.17) is 11.6 Å². The van der Waals surface area contributed by atoms with Crippen molar-refractivity contribution in [1.29, 1.82) is 0 Å². The molecule has 0 aromatic carbocycles. The van der Waals surface area contributed by atoms with Gasteiger partial charge in [-0.2, -0.15) is 0 Å². The Morgan fingerprint density at radius 3 is 2.53 bits per heavy atom. The first-order valence-electron chi connectivity index (χ1n) is 6.32. The van der Waals surface area contributed by atoms with Crippen molar-refractivity contribution in [2.24, 2.45) is 0 Å². The second kappa shape index (κ2) is 7.56. The lowest BCUT2D eigenvalue weighted by Gasteiger charge is -2.23. The molecule has 1 unspecified atom stereocenters. The smallest absolute Gasteiger partial charge is 0.211 e. The van der Waals surface area contributed by atoms with Gasteiger partial charge in [0.2, 0.25) is 10.0 Å². The normalized spacial score (nSPS) is 19.6. The molecule has 0 aromatic heterocycles. The van der Waals surface area contributed by atoms with Gasteiger partial charge in [-0.15, -0.1) is 11.6 Å². The molecule has 1 aliphatic rings. The minimum atomic E-state index is -3.11. The maximum absolute atomic E-state index is 11.7. The SMILES string of the molecule is CC(CNS(=O)(=O)CCCCCl)N1CCCC1. The van der Waals surface area contributed by atoms with Crippen molar-refractivity contribution in [2.75, 3.05) is 31.3 Å². The first-order chi connectivity index (χ1) is 8.05. The van der Waals surface area contributed by atoms with E-state index in [9.17, 15) is 8.42 Å². The second-order valence-corrected chi connectivity index (χ2v) is 6.96. The molecule has 0 radical (unpaired) electrons. The average molecular weight is 283 g/mol. The molecule has 6 heteroatoms. The van der Waals surface area contributed by atoms with Crippen LogP contribution in [0.4, 0.5) is 0 Å². The van der Waals surface area contributed by atoms with Crippen molar-refractivity contribution in [1.82, 2.24) is 9.62 Å². The summed E-state index contributed by atoms with van der Waals surface area (Å²) in [5.74, 6) is 0.714. The van der Waals surface area contributed by atoms with Gasteiger partial charge >= 0.3 is 0 Å². The summed E-state index contributed by atoms with van der Waals surface area (Å²) in [6.45, 7) is 4.78. The van der Waals surface area contributed by atoms with E-state index in [0.717, 1.165) is 19.5 Å². The molecule has 1 rings (SSSR count). The van der Waals surface area contributed by atoms with Crippen molar-refractivity contribution >= 4 is 21.6 Å². The molecule has 1 aliphatic heterocycles. The lowest BCUT2D eigenvalue weighted by atomic mass is 10.3. The van der Waals surface area contributed by atoms with Gasteiger partial charge in [-0.05, 0) is 45.7 Å². The molecule has 4 nitrogen and oxygen atoms in total. The number of hydrogen-bond acceptors (Lipinski definition) is 3. The van der Waals surface area contributed by atoms with Crippen LogP contribution in [0.1, 0.15) is 32.6 Å². The summed E-state index contributed by atoms with van der Waals surface area (Å²) in [5, 5.41) is 0. The molecule has 1 fully saturated rings. The van der Waals surface area contributed by atoms with Gasteiger partial charge in [-0.3, -0.25) is 4.90 Å². The zero-order valence-electron chi connectivity index (χ0n) is 10.5. The molecule has 17 heavy (non-hydrogen) atoms. The Morgan fingerprint density at radius 2 is 1.94 bits per heavy atom. The van der Waals surface area contributed by atoms with Crippen LogP contribution in [0.3, 0.4) is 0 Å². The van der Waals surface area contributed by atoms with Crippen molar-refractivity contribution < 1.29 is 8.42 Å². The van der Waals surface area contributed by atoms with Gasteiger partial charge in [0.1, 0.15) is 0 Å². The first-order valence-corrected chi connectivity index (χ1v) is 8.51. The maximum Gasteiger partial charge on any atom is 0.211 e. The van der Waals surface area contributed by atoms with E-state index in [0.29, 0.717) is 24.9 Å². The molecule has 1 heterocycles. The Bertz CT molecular complexity index is 303. The molecule has 102 valence electrons. The van der Waals surface area contributed by atoms with Crippen LogP contribution in [0.25, 0.3) is 0 Å². The number of hydrogen-bond donors (Lipinski definition) is 1. The highest BCUT2D eigenvalue weighted by molar-refractivity contribution is 7.89. The molecule has 0 amide bonds. The first kappa shape index (κ1) is 15.2. The maximum atomic E-state index is 11.7. The van der Waals surface area contributed by atoms with Crippen LogP contribution in [-0.2, 0) is 10.0 Å². The minimum absolute atomic E-state index is 0.187. The van der Waals surface area contributed by atoms with E-state index in [1.807, 2.05) is 0 Å². The zero-order valence-corrected chi connectivity index (χ0v) is 12.1. The van der Waals surface area contributed by atoms with Gasteiger partial charge in [-0.1, -0.05) is 0 Å². The highest BCUT2D eigenvalue weighted by Crippen LogP contribution is 2.11. The van der Waals surface area contributed by atoms with Crippen molar-refractivity contribution in [2.45, 2.75) is 38.6 Å². The number of sulfonamides is 1. The number of nitrogens with zero attached hydrogens (tertiary/aromatic N) is 1. The van der Waals surface area contributed by atoms with Gasteiger partial charge in [0.25, 0.3) is 0 Å². The molecule has 0 spiro atoms. The van der Waals surface area contributed by atoms with Crippen LogP contribution in [0, 0.1) is 0 Å². The van der Waals surface area contributed by atoms with Crippen molar-refractivity contribution in [3.8, 4) is 0 Å². The predicted molar refractivity (Wildman–Crippen MR) is 72.0 cm³/mol. The van der Waals surface area contributed by atoms with Crippen molar-refractivity contribution in [3.05, 3.63) is 0 Å². The molecule has 0 bridgehead atoms. The summed E-state index contributed by atoms with van der Waals surface area (Å²) in [5.41, 5.74) is 0. The Morgan fingerprint density at radius 1 is 1.29 bits per heavy atom. The summed E-state index contributed by atoms with van der Waals surface area (Å²) in [4.78, 5) is 2.33. The van der Waals surface area contributed by atoms with Crippen LogP contribution < -0.4 is 4.72 Å². The number of nitrogens with one attached hydrogen (secondary N) is 1. The number of unbranched alkanes of at least 4 members (excludes halogenated alkanes) is 1. The zero-order chi connectivity index (χ0) is 12.7. The third-order valence-electron chi connectivity index (χ3n) is 3.16. The summed E-state index contributed by atoms with van der Waals surface area (Å²) >= 11 is 5.52. The number of alkyl halides is 1. The third kappa shape index (κ3) is 6.04. The van der Waals surface area contributed by atoms with Gasteiger partial charge in [0, 0.05) is 18.5 Å². The topological polar surface area (TPSA) is 49.4 Å². The molecule has 0 saturated carbocycles. The van der Waals surface area contributed by atoms with Crippen molar-refractivity contribution in [3.63, 3.8) is 0 Å². The molecular formula is C11H23ClN2O2S. The largest absolute Gasteiger partial charge is 0.299 e. The highest BCUT2D eigenvalue weighted by Gasteiger charge is 2.19. The molecular weight excluding hydrogens is 260 g/mol. The van der Waals surface area contributed by atoms with E-state index in [1.54, 1.807) is 0 Å². The van der Waals surface area contributed by atoms with Gasteiger partial charge in [0.05, 0.1) is 5.75 Å². The minimum Gasteiger partial charge on any atom is -0.299 e. The number of rotatable bonds is 8. The van der Waals surface area contributed by atoms with Gasteiger partial charge in [0.15, 0.2) is 0 Å². The van der Waals surface area contributed by atoms with Crippen LogP contribution >= 0.6 is 11.6 Å². The summed E-state index contributed by atoms with van der Waals surface area (Å²) < 4.78 is 26.0. The van der Waals surface area contributed by atoms with E-state index < -0.39 is 10.0 Å². The van der Waals surface area contributed by atoms with E-state index in [2.05, 4.69) is 16.5 Å². The number of likely N-dealkylation sites (tertiary alicyclic amines) is 1. The third-order valence-corrected chi connectivity index (χ3v) is 4.86. The highest BCUT2D eigenvalue weighted by atomic mass is 35.5. The number of halogens is 1. The molecule has 1 atom stereocenters. The molecule has 1 saturated heterocycles. The average Bonchev–Trinajstić information content (AvgIpc) is 2.80. The Labute approximate surface area is 110 Å². The fraction of sp³-hybridized carbons (Fsp3) is 1.00. The van der Waals surface area contributed by atoms with E-state index in [-0.39, 0.29) is 5.75 Å². The summed E-state index contributed by atoms with van der Waals surface area (Å²) in [6.07, 6.45) is 3.85. The lowest BCUT2D eigenvalue weighted by Crippen LogP contribution is -2.41. The van der Waals surface area contributed by atoms with Crippen LogP contribution in [0.5, 0.6) is 0 Å².